The van der Waals surface area contributed by atoms with Gasteiger partial charge in [0.15, 0.2) is 5.82 Å². The van der Waals surface area contributed by atoms with Crippen LogP contribution in [0.3, 0.4) is 0 Å². The molecule has 1 aliphatic heterocycles. The zero-order chi connectivity index (χ0) is 18.8. The second-order valence-corrected chi connectivity index (χ2v) is 6.94. The Morgan fingerprint density at radius 1 is 1.32 bits per heavy atom. The van der Waals surface area contributed by atoms with Gasteiger partial charge in [0, 0.05) is 25.9 Å². The van der Waals surface area contributed by atoms with Gasteiger partial charge in [0.2, 0.25) is 0 Å². The predicted molar refractivity (Wildman–Crippen MR) is 87.4 cm³/mol. The van der Waals surface area contributed by atoms with Crippen molar-refractivity contribution < 1.29 is 22.7 Å². The molecule has 0 atom stereocenters. The number of carbonyl (C=O) groups excluding carboxylic acids is 1. The van der Waals surface area contributed by atoms with Crippen molar-refractivity contribution in [1.82, 2.24) is 0 Å². The van der Waals surface area contributed by atoms with Crippen LogP contribution in [0.25, 0.3) is 0 Å². The molecule has 5 nitrogen and oxygen atoms in total. The lowest BCUT2D eigenvalue weighted by Crippen LogP contribution is -2.39. The molecule has 1 aromatic rings. The smallest absolute Gasteiger partial charge is 0.412 e. The second kappa shape index (κ2) is 6.82. The van der Waals surface area contributed by atoms with Crippen molar-refractivity contribution in [2.75, 3.05) is 23.3 Å². The largest absolute Gasteiger partial charge is 0.444 e. The summed E-state index contributed by atoms with van der Waals surface area (Å²) >= 11 is 0. The number of nitriles is 1. The van der Waals surface area contributed by atoms with E-state index in [1.807, 2.05) is 6.07 Å². The summed E-state index contributed by atoms with van der Waals surface area (Å²) in [5.41, 5.74) is -0.865. The van der Waals surface area contributed by atoms with E-state index in [0.717, 1.165) is 0 Å². The molecule has 8 heteroatoms. The molecule has 136 valence electrons. The van der Waals surface area contributed by atoms with Gasteiger partial charge in [-0.05, 0) is 32.9 Å². The van der Waals surface area contributed by atoms with Crippen LogP contribution in [-0.2, 0) is 4.74 Å². The normalized spacial score (nSPS) is 16.9. The van der Waals surface area contributed by atoms with E-state index >= 15 is 0 Å². The van der Waals surface area contributed by atoms with Gasteiger partial charge in [0.05, 0.1) is 23.0 Å². The maximum Gasteiger partial charge on any atom is 0.412 e. The third-order valence-electron chi connectivity index (χ3n) is 3.65. The number of hydrogen-bond acceptors (Lipinski definition) is 4. The Labute approximate surface area is 144 Å². The van der Waals surface area contributed by atoms with E-state index in [0.29, 0.717) is 0 Å². The number of piperidine rings is 1. The van der Waals surface area contributed by atoms with E-state index in [1.165, 1.54) is 17.0 Å². The highest BCUT2D eigenvalue weighted by Gasteiger charge is 2.35. The Hall–Kier alpha value is -2.43. The van der Waals surface area contributed by atoms with Crippen LogP contribution in [-0.4, -0.2) is 30.7 Å². The Bertz CT molecular complexity index is 698. The highest BCUT2D eigenvalue weighted by atomic mass is 19.3. The molecule has 1 aliphatic rings. The summed E-state index contributed by atoms with van der Waals surface area (Å²) in [4.78, 5) is 13.3. The van der Waals surface area contributed by atoms with Crippen LogP contribution < -0.4 is 10.2 Å². The number of nitrogens with zero attached hydrogens (tertiary/aromatic N) is 2. The first-order valence-electron chi connectivity index (χ1n) is 7.87. The van der Waals surface area contributed by atoms with Gasteiger partial charge in [0.25, 0.3) is 5.92 Å². The van der Waals surface area contributed by atoms with Crippen LogP contribution in [0.15, 0.2) is 12.1 Å². The zero-order valence-electron chi connectivity index (χ0n) is 14.3. The minimum atomic E-state index is -2.77. The maximum atomic E-state index is 14.8. The van der Waals surface area contributed by atoms with Crippen LogP contribution in [0, 0.1) is 17.1 Å². The van der Waals surface area contributed by atoms with Crippen molar-refractivity contribution in [2.24, 2.45) is 0 Å². The van der Waals surface area contributed by atoms with Crippen molar-refractivity contribution in [1.29, 1.82) is 5.26 Å². The molecule has 1 heterocycles. The summed E-state index contributed by atoms with van der Waals surface area (Å²) < 4.78 is 46.4. The number of ether oxygens (including phenoxy) is 1. The number of amides is 1. The Kier molecular flexibility index (Phi) is 5.16. The molecule has 0 aliphatic carbocycles. The maximum absolute atomic E-state index is 14.8. The molecule has 0 spiro atoms. The van der Waals surface area contributed by atoms with Crippen molar-refractivity contribution in [3.63, 3.8) is 0 Å². The molecular formula is C17H20F3N3O2. The highest BCUT2D eigenvalue weighted by molar-refractivity contribution is 5.86. The summed E-state index contributed by atoms with van der Waals surface area (Å²) in [5.74, 6) is -3.55. The lowest BCUT2D eigenvalue weighted by molar-refractivity contribution is -0.0221. The SMILES string of the molecule is CC(C)(C)OC(=O)Nc1cc(C#N)cc(N2CCC(F)(F)CC2)c1F. The molecule has 1 aromatic carbocycles. The predicted octanol–water partition coefficient (Wildman–Crippen LogP) is 4.28. The van der Waals surface area contributed by atoms with E-state index in [-0.39, 0.29) is 30.0 Å². The number of benzene rings is 1. The first-order chi connectivity index (χ1) is 11.5. The van der Waals surface area contributed by atoms with Gasteiger partial charge in [-0.1, -0.05) is 0 Å². The zero-order valence-corrected chi connectivity index (χ0v) is 14.3. The van der Waals surface area contributed by atoms with Crippen molar-refractivity contribution in [3.05, 3.63) is 23.5 Å². The molecule has 25 heavy (non-hydrogen) atoms. The van der Waals surface area contributed by atoms with Crippen LogP contribution in [0.1, 0.15) is 39.2 Å². The molecule has 2 rings (SSSR count). The number of carbonyl (C=O) groups is 1. The third-order valence-corrected chi connectivity index (χ3v) is 3.65. The van der Waals surface area contributed by atoms with Crippen LogP contribution >= 0.6 is 0 Å². The first kappa shape index (κ1) is 18.9. The number of anilines is 2. The summed E-state index contributed by atoms with van der Waals surface area (Å²) in [5, 5.41) is 11.4. The number of alkyl halides is 2. The number of halogens is 3. The summed E-state index contributed by atoms with van der Waals surface area (Å²) in [6.45, 7) is 4.91. The number of nitrogens with one attached hydrogen (secondary N) is 1. The monoisotopic (exact) mass is 355 g/mol. The fraction of sp³-hybridized carbons (Fsp3) is 0.529. The minimum Gasteiger partial charge on any atom is -0.444 e. The van der Waals surface area contributed by atoms with Gasteiger partial charge in [-0.15, -0.1) is 0 Å². The molecular weight excluding hydrogens is 335 g/mol. The van der Waals surface area contributed by atoms with Crippen LogP contribution in [0.5, 0.6) is 0 Å². The molecule has 0 saturated carbocycles. The summed E-state index contributed by atoms with van der Waals surface area (Å²) in [6, 6.07) is 4.35. The Balaban J connectivity index is 2.27. The molecule has 1 fully saturated rings. The van der Waals surface area contributed by atoms with Crippen LogP contribution in [0.2, 0.25) is 0 Å². The van der Waals surface area contributed by atoms with Gasteiger partial charge in [-0.25, -0.2) is 18.0 Å². The van der Waals surface area contributed by atoms with Gasteiger partial charge in [-0.2, -0.15) is 5.26 Å². The number of rotatable bonds is 2. The topological polar surface area (TPSA) is 65.4 Å². The average Bonchev–Trinajstić information content (AvgIpc) is 2.48. The molecule has 0 bridgehead atoms. The van der Waals surface area contributed by atoms with E-state index in [2.05, 4.69) is 5.32 Å². The molecule has 0 unspecified atom stereocenters. The average molecular weight is 355 g/mol. The van der Waals surface area contributed by atoms with Crippen molar-refractivity contribution in [2.45, 2.75) is 45.1 Å². The molecule has 1 amide bonds. The lowest BCUT2D eigenvalue weighted by atomic mass is 10.0. The van der Waals surface area contributed by atoms with E-state index in [1.54, 1.807) is 20.8 Å². The Morgan fingerprint density at radius 2 is 1.92 bits per heavy atom. The van der Waals surface area contributed by atoms with E-state index in [4.69, 9.17) is 10.00 Å². The van der Waals surface area contributed by atoms with Gasteiger partial charge < -0.3 is 9.64 Å². The van der Waals surface area contributed by atoms with Crippen LogP contribution in [0.4, 0.5) is 29.3 Å². The first-order valence-corrected chi connectivity index (χ1v) is 7.87. The van der Waals surface area contributed by atoms with E-state index < -0.39 is 36.3 Å². The highest BCUT2D eigenvalue weighted by Crippen LogP contribution is 2.34. The summed E-state index contributed by atoms with van der Waals surface area (Å²) in [7, 11) is 0. The van der Waals surface area contributed by atoms with Gasteiger partial charge >= 0.3 is 6.09 Å². The molecule has 1 saturated heterocycles. The van der Waals surface area contributed by atoms with Crippen molar-refractivity contribution in [3.8, 4) is 6.07 Å². The van der Waals surface area contributed by atoms with Crippen molar-refractivity contribution >= 4 is 17.5 Å². The quantitative estimate of drug-likeness (QED) is 0.860. The number of hydrogen-bond donors (Lipinski definition) is 1. The second-order valence-electron chi connectivity index (χ2n) is 6.94. The fourth-order valence-corrected chi connectivity index (χ4v) is 2.48. The van der Waals surface area contributed by atoms with Gasteiger partial charge in [-0.3, -0.25) is 5.32 Å². The van der Waals surface area contributed by atoms with E-state index in [9.17, 15) is 18.0 Å². The molecule has 1 N–H and O–H groups in total. The Morgan fingerprint density at radius 3 is 2.44 bits per heavy atom. The fourth-order valence-electron chi connectivity index (χ4n) is 2.48. The minimum absolute atomic E-state index is 0.0145. The standard InChI is InChI=1S/C17H20F3N3O2/c1-16(2,3)25-15(24)22-12-8-11(10-21)9-13(14(12)18)23-6-4-17(19,20)5-7-23/h8-9H,4-7H2,1-3H3,(H,22,24). The third kappa shape index (κ3) is 5.02. The lowest BCUT2D eigenvalue weighted by Gasteiger charge is -2.34. The molecule has 0 radical (unpaired) electrons. The summed E-state index contributed by atoms with van der Waals surface area (Å²) in [6.07, 6.45) is -1.64. The molecule has 0 aromatic heterocycles. The van der Waals surface area contributed by atoms with Gasteiger partial charge in [0.1, 0.15) is 5.60 Å².